The summed E-state index contributed by atoms with van der Waals surface area (Å²) in [5.74, 6) is -1.60. The Morgan fingerprint density at radius 3 is 2.41 bits per heavy atom. The molecule has 0 unspecified atom stereocenters. The van der Waals surface area contributed by atoms with Crippen LogP contribution >= 0.6 is 0 Å². The number of amides is 1. The second kappa shape index (κ2) is 8.54. The molecule has 5 nitrogen and oxygen atoms in total. The van der Waals surface area contributed by atoms with Crippen LogP contribution in [0.2, 0.25) is 0 Å². The van der Waals surface area contributed by atoms with Gasteiger partial charge in [0, 0.05) is 20.1 Å². The molecule has 0 aliphatic heterocycles. The van der Waals surface area contributed by atoms with Crippen molar-refractivity contribution >= 4 is 23.0 Å². The van der Waals surface area contributed by atoms with E-state index in [4.69, 9.17) is 5.73 Å². The van der Waals surface area contributed by atoms with E-state index in [-0.39, 0.29) is 24.8 Å². The zero-order valence-electron chi connectivity index (χ0n) is 15.9. The van der Waals surface area contributed by atoms with Crippen molar-refractivity contribution in [3.8, 4) is 0 Å². The van der Waals surface area contributed by atoms with Crippen molar-refractivity contribution in [2.24, 2.45) is 5.92 Å². The van der Waals surface area contributed by atoms with Crippen molar-refractivity contribution in [3.63, 3.8) is 0 Å². The maximum absolute atomic E-state index is 12.8. The van der Waals surface area contributed by atoms with Crippen molar-refractivity contribution in [3.05, 3.63) is 30.0 Å². The lowest BCUT2D eigenvalue weighted by atomic mass is 9.85. The van der Waals surface area contributed by atoms with Crippen molar-refractivity contribution < 1.29 is 18.0 Å². The standard InChI is InChI=1S/C19H27F3N4O/c1-4-9-26(3)17-11-16(24-2)15(23)10-14(17)18(27)25-13-7-5-12(6-8-13)19(20,21)22/h4,9-13,24H,5-8,23H2,1-3H3,(H,25,27). The van der Waals surface area contributed by atoms with Crippen LogP contribution in [0.15, 0.2) is 24.4 Å². The summed E-state index contributed by atoms with van der Waals surface area (Å²) < 4.78 is 38.4. The lowest BCUT2D eigenvalue weighted by molar-refractivity contribution is -0.182. The van der Waals surface area contributed by atoms with Gasteiger partial charge in [0.05, 0.1) is 28.5 Å². The molecule has 27 heavy (non-hydrogen) atoms. The SMILES string of the molecule is CC=CN(C)c1cc(NC)c(N)cc1C(=O)NC1CCC(C(F)(F)F)CC1. The second-order valence-corrected chi connectivity index (χ2v) is 6.86. The molecule has 0 bridgehead atoms. The smallest absolute Gasteiger partial charge is 0.391 e. The summed E-state index contributed by atoms with van der Waals surface area (Å²) in [5, 5.41) is 5.86. The van der Waals surface area contributed by atoms with Gasteiger partial charge < -0.3 is 21.3 Å². The third-order valence-corrected chi connectivity index (χ3v) is 4.96. The fraction of sp³-hybridized carbons (Fsp3) is 0.526. The predicted octanol–water partition coefficient (Wildman–Crippen LogP) is 4.13. The minimum atomic E-state index is -4.16. The Bertz CT molecular complexity index is 695. The first-order valence-electron chi connectivity index (χ1n) is 9.01. The highest BCUT2D eigenvalue weighted by molar-refractivity contribution is 6.02. The number of alkyl halides is 3. The van der Waals surface area contributed by atoms with Gasteiger partial charge in [0.1, 0.15) is 0 Å². The molecule has 0 aromatic heterocycles. The molecule has 2 rings (SSSR count). The molecule has 0 spiro atoms. The van der Waals surface area contributed by atoms with Gasteiger partial charge in [0.2, 0.25) is 0 Å². The Labute approximate surface area is 157 Å². The number of rotatable bonds is 5. The number of anilines is 3. The minimum Gasteiger partial charge on any atom is -0.397 e. The quantitative estimate of drug-likeness (QED) is 0.668. The van der Waals surface area contributed by atoms with Crippen LogP contribution in [0.4, 0.5) is 30.2 Å². The second-order valence-electron chi connectivity index (χ2n) is 6.86. The summed E-state index contributed by atoms with van der Waals surface area (Å²) in [6, 6.07) is 3.11. The molecule has 1 saturated carbocycles. The summed E-state index contributed by atoms with van der Waals surface area (Å²) >= 11 is 0. The molecular weight excluding hydrogens is 357 g/mol. The molecule has 150 valence electrons. The summed E-state index contributed by atoms with van der Waals surface area (Å²) in [7, 11) is 3.56. The van der Waals surface area contributed by atoms with Crippen LogP contribution in [-0.2, 0) is 0 Å². The Hall–Kier alpha value is -2.38. The van der Waals surface area contributed by atoms with E-state index in [1.165, 1.54) is 0 Å². The molecule has 0 heterocycles. The van der Waals surface area contributed by atoms with E-state index in [1.54, 1.807) is 24.1 Å². The van der Waals surface area contributed by atoms with Crippen LogP contribution in [0, 0.1) is 5.92 Å². The number of nitrogens with two attached hydrogens (primary N) is 1. The number of hydrogen-bond acceptors (Lipinski definition) is 4. The minimum absolute atomic E-state index is 0.0423. The van der Waals surface area contributed by atoms with Gasteiger partial charge >= 0.3 is 6.18 Å². The number of nitrogens with zero attached hydrogens (tertiary/aromatic N) is 1. The zero-order valence-corrected chi connectivity index (χ0v) is 15.9. The molecular formula is C19H27F3N4O. The zero-order chi connectivity index (χ0) is 20.2. The summed E-state index contributed by atoms with van der Waals surface area (Å²) in [5.41, 5.74) is 8.19. The van der Waals surface area contributed by atoms with Crippen LogP contribution in [0.1, 0.15) is 43.0 Å². The van der Waals surface area contributed by atoms with Gasteiger partial charge in [-0.05, 0) is 50.9 Å². The first kappa shape index (κ1) is 20.9. The Morgan fingerprint density at radius 2 is 1.89 bits per heavy atom. The third-order valence-electron chi connectivity index (χ3n) is 4.96. The first-order valence-corrected chi connectivity index (χ1v) is 9.01. The fourth-order valence-corrected chi connectivity index (χ4v) is 3.43. The maximum Gasteiger partial charge on any atom is 0.391 e. The Kier molecular flexibility index (Phi) is 6.62. The highest BCUT2D eigenvalue weighted by Gasteiger charge is 2.41. The number of nitrogens with one attached hydrogen (secondary N) is 2. The van der Waals surface area contributed by atoms with Gasteiger partial charge in [-0.1, -0.05) is 6.08 Å². The first-order chi connectivity index (χ1) is 12.7. The third kappa shape index (κ3) is 5.08. The molecule has 1 amide bonds. The van der Waals surface area contributed by atoms with Gasteiger partial charge in [-0.25, -0.2) is 0 Å². The molecule has 0 atom stereocenters. The van der Waals surface area contributed by atoms with Crippen LogP contribution in [0.5, 0.6) is 0 Å². The van der Waals surface area contributed by atoms with E-state index in [0.29, 0.717) is 35.5 Å². The van der Waals surface area contributed by atoms with E-state index < -0.39 is 12.1 Å². The molecule has 1 fully saturated rings. The van der Waals surface area contributed by atoms with Crippen molar-refractivity contribution in [2.45, 2.75) is 44.8 Å². The Balaban J connectivity index is 2.17. The van der Waals surface area contributed by atoms with E-state index >= 15 is 0 Å². The van der Waals surface area contributed by atoms with Gasteiger partial charge in [-0.2, -0.15) is 13.2 Å². The summed E-state index contributed by atoms with van der Waals surface area (Å²) in [6.45, 7) is 1.87. The van der Waals surface area contributed by atoms with E-state index in [1.807, 2.05) is 26.2 Å². The number of nitrogen functional groups attached to an aromatic ring is 1. The van der Waals surface area contributed by atoms with Gasteiger partial charge in [-0.15, -0.1) is 0 Å². The average Bonchev–Trinajstić information content (AvgIpc) is 2.61. The predicted molar refractivity (Wildman–Crippen MR) is 103 cm³/mol. The number of allylic oxidation sites excluding steroid dienone is 1. The number of carbonyl (C=O) groups excluding carboxylic acids is 1. The molecule has 1 aromatic carbocycles. The van der Waals surface area contributed by atoms with E-state index in [9.17, 15) is 18.0 Å². The van der Waals surface area contributed by atoms with Gasteiger partial charge in [-0.3, -0.25) is 4.79 Å². The summed E-state index contributed by atoms with van der Waals surface area (Å²) in [4.78, 5) is 14.6. The largest absolute Gasteiger partial charge is 0.397 e. The van der Waals surface area contributed by atoms with Crippen LogP contribution in [0.3, 0.4) is 0 Å². The van der Waals surface area contributed by atoms with E-state index in [0.717, 1.165) is 0 Å². The monoisotopic (exact) mass is 384 g/mol. The van der Waals surface area contributed by atoms with Gasteiger partial charge in [0.25, 0.3) is 5.91 Å². The highest BCUT2D eigenvalue weighted by atomic mass is 19.4. The molecule has 8 heteroatoms. The van der Waals surface area contributed by atoms with Crippen LogP contribution in [-0.4, -0.2) is 32.2 Å². The average molecular weight is 384 g/mol. The van der Waals surface area contributed by atoms with Crippen LogP contribution in [0.25, 0.3) is 0 Å². The lowest BCUT2D eigenvalue weighted by Gasteiger charge is -2.30. The number of benzene rings is 1. The summed E-state index contributed by atoms with van der Waals surface area (Å²) in [6.07, 6.45) is 0.224. The highest BCUT2D eigenvalue weighted by Crippen LogP contribution is 2.37. The number of halogens is 3. The molecule has 1 aliphatic carbocycles. The number of hydrogen-bond donors (Lipinski definition) is 3. The number of carbonyl (C=O) groups is 1. The fourth-order valence-electron chi connectivity index (χ4n) is 3.43. The molecule has 1 aromatic rings. The van der Waals surface area contributed by atoms with Crippen molar-refractivity contribution in [2.75, 3.05) is 30.0 Å². The van der Waals surface area contributed by atoms with Gasteiger partial charge in [0.15, 0.2) is 0 Å². The van der Waals surface area contributed by atoms with E-state index in [2.05, 4.69) is 10.6 Å². The normalized spacial score (nSPS) is 20.5. The maximum atomic E-state index is 12.8. The topological polar surface area (TPSA) is 70.4 Å². The molecule has 1 aliphatic rings. The van der Waals surface area contributed by atoms with Crippen molar-refractivity contribution in [1.29, 1.82) is 0 Å². The van der Waals surface area contributed by atoms with Crippen LogP contribution < -0.4 is 21.3 Å². The molecule has 4 N–H and O–H groups in total. The molecule has 0 saturated heterocycles. The molecule has 0 radical (unpaired) electrons. The lowest BCUT2D eigenvalue weighted by Crippen LogP contribution is -2.40. The van der Waals surface area contributed by atoms with Crippen molar-refractivity contribution in [1.82, 2.24) is 5.32 Å². The Morgan fingerprint density at radius 1 is 1.26 bits per heavy atom.